The molecule has 0 spiro atoms. The Kier molecular flexibility index (Phi) is 5.55. The predicted octanol–water partition coefficient (Wildman–Crippen LogP) is 4.54. The van der Waals surface area contributed by atoms with Gasteiger partial charge in [0.25, 0.3) is 0 Å². The summed E-state index contributed by atoms with van der Waals surface area (Å²) in [5.74, 6) is 0. The van der Waals surface area contributed by atoms with Gasteiger partial charge in [-0.05, 0) is 53.4 Å². The van der Waals surface area contributed by atoms with Gasteiger partial charge in [0.1, 0.15) is 6.33 Å². The Morgan fingerprint density at radius 2 is 1.84 bits per heavy atom. The highest BCUT2D eigenvalue weighted by Gasteiger charge is 2.14. The Hall–Kier alpha value is -2.99. The molecule has 4 aromatic rings. The van der Waals surface area contributed by atoms with Crippen LogP contribution in [0.5, 0.6) is 0 Å². The minimum atomic E-state index is 0.000783. The van der Waals surface area contributed by atoms with Crippen molar-refractivity contribution in [1.29, 1.82) is 0 Å². The lowest BCUT2D eigenvalue weighted by atomic mass is 9.98. The number of rotatable bonds is 5. The molecule has 0 amide bonds. The van der Waals surface area contributed by atoms with Crippen molar-refractivity contribution >= 4 is 11.0 Å². The van der Waals surface area contributed by atoms with E-state index in [0.717, 1.165) is 55.1 Å². The molecule has 1 aromatic heterocycles. The van der Waals surface area contributed by atoms with E-state index in [-0.39, 0.29) is 6.04 Å². The second kappa shape index (κ2) is 8.63. The van der Waals surface area contributed by atoms with Gasteiger partial charge in [0.05, 0.1) is 24.2 Å². The molecule has 5 rings (SSSR count). The molecule has 1 atom stereocenters. The first-order valence-electron chi connectivity index (χ1n) is 10.9. The molecule has 1 aliphatic rings. The summed E-state index contributed by atoms with van der Waals surface area (Å²) in [5.41, 5.74) is 14.1. The standard InChI is InChI=1S/C26H28N4O/c1-19(27)20-9-10-26-25(16-20)28-18-30(26)23-7-4-6-21(15-23)24-8-3-2-5-22(24)17-29-11-13-31-14-12-29/h2-10,15-16,18-19H,11-14,17,27H2,1H3/t19-/m0/s1. The zero-order chi connectivity index (χ0) is 21.2. The number of nitrogens with zero attached hydrogens (tertiary/aromatic N) is 3. The summed E-state index contributed by atoms with van der Waals surface area (Å²) in [6, 6.07) is 23.7. The molecule has 2 N–H and O–H groups in total. The zero-order valence-electron chi connectivity index (χ0n) is 17.9. The lowest BCUT2D eigenvalue weighted by molar-refractivity contribution is 0.0342. The molecule has 1 aliphatic heterocycles. The Labute approximate surface area is 183 Å². The molecule has 5 nitrogen and oxygen atoms in total. The summed E-state index contributed by atoms with van der Waals surface area (Å²) < 4.78 is 7.65. The van der Waals surface area contributed by atoms with Gasteiger partial charge in [-0.3, -0.25) is 9.47 Å². The van der Waals surface area contributed by atoms with E-state index in [1.54, 1.807) is 0 Å². The van der Waals surface area contributed by atoms with E-state index in [1.807, 2.05) is 13.3 Å². The van der Waals surface area contributed by atoms with Crippen molar-refractivity contribution in [1.82, 2.24) is 14.5 Å². The number of nitrogens with two attached hydrogens (primary N) is 1. The van der Waals surface area contributed by atoms with Crippen LogP contribution in [-0.2, 0) is 11.3 Å². The minimum absolute atomic E-state index is 0.000783. The number of benzene rings is 3. The van der Waals surface area contributed by atoms with Crippen molar-refractivity contribution < 1.29 is 4.74 Å². The number of ether oxygens (including phenoxy) is 1. The smallest absolute Gasteiger partial charge is 0.100 e. The molecule has 1 fully saturated rings. The number of aromatic nitrogens is 2. The topological polar surface area (TPSA) is 56.3 Å². The molecular weight excluding hydrogens is 384 g/mol. The van der Waals surface area contributed by atoms with Gasteiger partial charge in [0, 0.05) is 31.4 Å². The Balaban J connectivity index is 1.50. The van der Waals surface area contributed by atoms with Crippen molar-refractivity contribution in [2.45, 2.75) is 19.5 Å². The van der Waals surface area contributed by atoms with Crippen LogP contribution >= 0.6 is 0 Å². The third kappa shape index (κ3) is 4.12. The average molecular weight is 413 g/mol. The van der Waals surface area contributed by atoms with E-state index in [4.69, 9.17) is 10.5 Å². The summed E-state index contributed by atoms with van der Waals surface area (Å²) in [7, 11) is 0. The number of imidazole rings is 1. The van der Waals surface area contributed by atoms with Crippen molar-refractivity contribution in [3.8, 4) is 16.8 Å². The van der Waals surface area contributed by atoms with Crippen LogP contribution in [0.1, 0.15) is 24.1 Å². The van der Waals surface area contributed by atoms with Gasteiger partial charge in [-0.25, -0.2) is 4.98 Å². The van der Waals surface area contributed by atoms with Gasteiger partial charge in [-0.1, -0.05) is 42.5 Å². The van der Waals surface area contributed by atoms with Crippen molar-refractivity contribution in [2.75, 3.05) is 26.3 Å². The molecule has 3 aromatic carbocycles. The molecule has 1 saturated heterocycles. The van der Waals surface area contributed by atoms with E-state index in [0.29, 0.717) is 0 Å². The minimum Gasteiger partial charge on any atom is -0.379 e. The quantitative estimate of drug-likeness (QED) is 0.523. The monoisotopic (exact) mass is 412 g/mol. The van der Waals surface area contributed by atoms with Crippen LogP contribution < -0.4 is 5.73 Å². The van der Waals surface area contributed by atoms with E-state index in [9.17, 15) is 0 Å². The van der Waals surface area contributed by atoms with E-state index < -0.39 is 0 Å². The lowest BCUT2D eigenvalue weighted by Crippen LogP contribution is -2.35. The SMILES string of the molecule is C[C@H](N)c1ccc2c(c1)ncn2-c1cccc(-c2ccccc2CN2CCOCC2)c1. The first-order chi connectivity index (χ1) is 15.2. The van der Waals surface area contributed by atoms with Crippen LogP contribution in [0.3, 0.4) is 0 Å². The molecule has 0 saturated carbocycles. The molecule has 0 bridgehead atoms. The fourth-order valence-corrected chi connectivity index (χ4v) is 4.28. The van der Waals surface area contributed by atoms with E-state index in [2.05, 4.69) is 81.2 Å². The Morgan fingerprint density at radius 1 is 1.00 bits per heavy atom. The van der Waals surface area contributed by atoms with Gasteiger partial charge in [-0.2, -0.15) is 0 Å². The maximum absolute atomic E-state index is 6.04. The van der Waals surface area contributed by atoms with Crippen molar-refractivity contribution in [3.63, 3.8) is 0 Å². The molecular formula is C26H28N4O. The first kappa shape index (κ1) is 19.9. The second-order valence-electron chi connectivity index (χ2n) is 8.25. The molecule has 0 unspecified atom stereocenters. The summed E-state index contributed by atoms with van der Waals surface area (Å²) in [6.07, 6.45) is 1.90. The largest absolute Gasteiger partial charge is 0.379 e. The molecule has 2 heterocycles. The fourth-order valence-electron chi connectivity index (χ4n) is 4.28. The summed E-state index contributed by atoms with van der Waals surface area (Å²) in [6.45, 7) is 6.54. The number of fused-ring (bicyclic) bond motifs is 1. The van der Waals surface area contributed by atoms with Crippen LogP contribution in [0.15, 0.2) is 73.1 Å². The first-order valence-corrected chi connectivity index (χ1v) is 10.9. The van der Waals surface area contributed by atoms with E-state index >= 15 is 0 Å². The van der Waals surface area contributed by atoms with Crippen molar-refractivity contribution in [3.05, 3.63) is 84.2 Å². The zero-order valence-corrected chi connectivity index (χ0v) is 17.9. The summed E-state index contributed by atoms with van der Waals surface area (Å²) in [5, 5.41) is 0. The Morgan fingerprint density at radius 3 is 2.68 bits per heavy atom. The van der Waals surface area contributed by atoms with Gasteiger partial charge in [-0.15, -0.1) is 0 Å². The maximum atomic E-state index is 6.04. The average Bonchev–Trinajstić information content (AvgIpc) is 3.23. The molecule has 0 radical (unpaired) electrons. The number of hydrogen-bond donors (Lipinski definition) is 1. The van der Waals surface area contributed by atoms with Gasteiger partial charge in [0.2, 0.25) is 0 Å². The summed E-state index contributed by atoms with van der Waals surface area (Å²) in [4.78, 5) is 7.09. The maximum Gasteiger partial charge on any atom is 0.100 e. The highest BCUT2D eigenvalue weighted by Crippen LogP contribution is 2.28. The van der Waals surface area contributed by atoms with Crippen molar-refractivity contribution in [2.24, 2.45) is 5.73 Å². The second-order valence-corrected chi connectivity index (χ2v) is 8.25. The number of morpholine rings is 1. The van der Waals surface area contributed by atoms with Crippen LogP contribution in [0.2, 0.25) is 0 Å². The predicted molar refractivity (Wildman–Crippen MR) is 125 cm³/mol. The van der Waals surface area contributed by atoms with E-state index in [1.165, 1.54) is 16.7 Å². The summed E-state index contributed by atoms with van der Waals surface area (Å²) >= 11 is 0. The van der Waals surface area contributed by atoms with Crippen LogP contribution in [0, 0.1) is 0 Å². The third-order valence-electron chi connectivity index (χ3n) is 6.05. The highest BCUT2D eigenvalue weighted by atomic mass is 16.5. The van der Waals surface area contributed by atoms with Crippen LogP contribution in [0.4, 0.5) is 0 Å². The fraction of sp³-hybridized carbons (Fsp3) is 0.269. The normalized spacial score (nSPS) is 15.9. The van der Waals surface area contributed by atoms with Crippen LogP contribution in [-0.4, -0.2) is 40.8 Å². The van der Waals surface area contributed by atoms with Gasteiger partial charge < -0.3 is 10.5 Å². The van der Waals surface area contributed by atoms with Crippen LogP contribution in [0.25, 0.3) is 27.8 Å². The van der Waals surface area contributed by atoms with Gasteiger partial charge >= 0.3 is 0 Å². The molecule has 5 heteroatoms. The number of hydrogen-bond acceptors (Lipinski definition) is 4. The molecule has 158 valence electrons. The molecule has 0 aliphatic carbocycles. The lowest BCUT2D eigenvalue weighted by Gasteiger charge is -2.27. The Bertz CT molecular complexity index is 1190. The highest BCUT2D eigenvalue weighted by molar-refractivity contribution is 5.79. The third-order valence-corrected chi connectivity index (χ3v) is 6.05. The molecule has 31 heavy (non-hydrogen) atoms. The van der Waals surface area contributed by atoms with Gasteiger partial charge in [0.15, 0.2) is 0 Å².